The summed E-state index contributed by atoms with van der Waals surface area (Å²) in [5, 5.41) is 1.48. The van der Waals surface area contributed by atoms with E-state index < -0.39 is 0 Å². The van der Waals surface area contributed by atoms with Crippen LogP contribution < -0.4 is 0 Å². The van der Waals surface area contributed by atoms with Crippen molar-refractivity contribution in [3.8, 4) is 0 Å². The summed E-state index contributed by atoms with van der Waals surface area (Å²) in [6.45, 7) is 2.26. The molecule has 2 heteroatoms. The molecule has 0 nitrogen and oxygen atoms in total. The predicted molar refractivity (Wildman–Crippen MR) is 38.7 cm³/mol. The van der Waals surface area contributed by atoms with Crippen LogP contribution >= 0.6 is 7.57 Å². The maximum atomic E-state index is 2.86. The van der Waals surface area contributed by atoms with Crippen molar-refractivity contribution >= 4 is 7.57 Å². The summed E-state index contributed by atoms with van der Waals surface area (Å²) in [5.74, 6) is 0. The van der Waals surface area contributed by atoms with Crippen LogP contribution in [0.4, 0.5) is 0 Å². The Hall–Kier alpha value is 1.05. The van der Waals surface area contributed by atoms with Gasteiger partial charge < -0.3 is 0 Å². The first-order valence-corrected chi connectivity index (χ1v) is 7.81. The molecule has 0 spiro atoms. The van der Waals surface area contributed by atoms with Gasteiger partial charge in [-0.15, -0.1) is 0 Å². The Morgan fingerprint density at radius 2 is 2.00 bits per heavy atom. The molecule has 0 heterocycles. The van der Waals surface area contributed by atoms with Crippen molar-refractivity contribution in [2.75, 3.05) is 0 Å². The van der Waals surface area contributed by atoms with E-state index in [2.05, 4.69) is 14.5 Å². The minimum absolute atomic E-state index is 0.647. The number of hydrogen-bond donors (Lipinski definition) is 0. The van der Waals surface area contributed by atoms with Crippen LogP contribution in [0, 0.1) is 0 Å². The third-order valence-electron chi connectivity index (χ3n) is 1.08. The molecule has 0 aromatic rings. The van der Waals surface area contributed by atoms with Gasteiger partial charge in [-0.25, -0.2) is 0 Å². The van der Waals surface area contributed by atoms with Gasteiger partial charge in [0.25, 0.3) is 0 Å². The minimum atomic E-state index is 0.647. The normalized spacial score (nSPS) is 10.2. The maximum absolute atomic E-state index is 2.86. The van der Waals surface area contributed by atoms with E-state index in [1.54, 1.807) is 0 Å². The molecule has 1 unspecified atom stereocenters. The molecule has 0 amide bonds. The SMILES string of the molecule is CCCCC[CH2][Ru][PH2]. The summed E-state index contributed by atoms with van der Waals surface area (Å²) in [6.07, 6.45) is 5.73. The van der Waals surface area contributed by atoms with Crippen molar-refractivity contribution in [1.82, 2.24) is 0 Å². The van der Waals surface area contributed by atoms with E-state index in [4.69, 9.17) is 0 Å². The Morgan fingerprint density at radius 3 is 2.50 bits per heavy atom. The molecule has 0 bridgehead atoms. The molecular weight excluding hydrogens is 204 g/mol. The van der Waals surface area contributed by atoms with Crippen LogP contribution in [0.15, 0.2) is 0 Å². The van der Waals surface area contributed by atoms with Crippen LogP contribution in [0.25, 0.3) is 0 Å². The van der Waals surface area contributed by atoms with Crippen LogP contribution in [0.3, 0.4) is 0 Å². The Morgan fingerprint density at radius 1 is 1.25 bits per heavy atom. The van der Waals surface area contributed by atoms with Crippen molar-refractivity contribution in [3.63, 3.8) is 0 Å². The number of unbranched alkanes of at least 4 members (excludes halogenated alkanes) is 3. The summed E-state index contributed by atoms with van der Waals surface area (Å²) in [5.41, 5.74) is 0. The molecule has 1 atom stereocenters. The first-order valence-electron chi connectivity index (χ1n) is 3.16. The molecule has 8 heavy (non-hydrogen) atoms. The van der Waals surface area contributed by atoms with Crippen LogP contribution in [0.2, 0.25) is 5.02 Å². The Kier molecular flexibility index (Phi) is 9.11. The van der Waals surface area contributed by atoms with Crippen molar-refractivity contribution in [1.29, 1.82) is 0 Å². The average Bonchev–Trinajstić information content (AvgIpc) is 1.81. The molecular formula is C6H15PRu. The molecule has 0 aromatic carbocycles. The van der Waals surface area contributed by atoms with Gasteiger partial charge >= 0.3 is 61.8 Å². The van der Waals surface area contributed by atoms with Crippen LogP contribution in [-0.4, -0.2) is 0 Å². The van der Waals surface area contributed by atoms with E-state index in [1.165, 1.54) is 30.7 Å². The Balaban J connectivity index is 2.53. The second kappa shape index (κ2) is 8.05. The van der Waals surface area contributed by atoms with Crippen LogP contribution in [-0.2, 0) is 16.6 Å². The first-order chi connectivity index (χ1) is 3.91. The van der Waals surface area contributed by atoms with Gasteiger partial charge in [0.05, 0.1) is 0 Å². The van der Waals surface area contributed by atoms with Gasteiger partial charge in [-0.1, -0.05) is 0 Å². The zero-order chi connectivity index (χ0) is 6.24. The van der Waals surface area contributed by atoms with E-state index in [0.29, 0.717) is 16.6 Å². The van der Waals surface area contributed by atoms with E-state index in [-0.39, 0.29) is 0 Å². The zero-order valence-corrected chi connectivity index (χ0v) is 8.36. The number of hydrogen-bond acceptors (Lipinski definition) is 0. The second-order valence-electron chi connectivity index (χ2n) is 1.88. The first kappa shape index (κ1) is 9.05. The molecule has 0 N–H and O–H groups in total. The molecule has 0 aliphatic rings. The van der Waals surface area contributed by atoms with E-state index >= 15 is 0 Å². The van der Waals surface area contributed by atoms with Crippen molar-refractivity contribution < 1.29 is 16.6 Å². The molecule has 0 aliphatic heterocycles. The van der Waals surface area contributed by atoms with Gasteiger partial charge in [0, 0.05) is 0 Å². The fourth-order valence-electron chi connectivity index (χ4n) is 0.587. The average molecular weight is 219 g/mol. The summed E-state index contributed by atoms with van der Waals surface area (Å²) in [6, 6.07) is 0. The molecule has 0 saturated carbocycles. The van der Waals surface area contributed by atoms with E-state index in [0.717, 1.165) is 0 Å². The molecule has 0 aromatic heterocycles. The third-order valence-corrected chi connectivity index (χ3v) is 3.40. The third kappa shape index (κ3) is 7.05. The van der Waals surface area contributed by atoms with Crippen molar-refractivity contribution in [2.45, 2.75) is 37.6 Å². The van der Waals surface area contributed by atoms with Crippen molar-refractivity contribution in [2.24, 2.45) is 0 Å². The fraction of sp³-hybridized carbons (Fsp3) is 1.00. The topological polar surface area (TPSA) is 0 Å². The molecule has 0 aliphatic carbocycles. The standard InChI is InChI=1S/C6H13.H2P.Ru/c1-3-5-6-4-2;;/h1,3-6H2,2H3;1H2;/q;-1;+1. The van der Waals surface area contributed by atoms with Crippen LogP contribution in [0.1, 0.15) is 32.6 Å². The Labute approximate surface area is 62.1 Å². The molecule has 0 saturated heterocycles. The summed E-state index contributed by atoms with van der Waals surface area (Å²) >= 11 is 0.647. The summed E-state index contributed by atoms with van der Waals surface area (Å²) in [4.78, 5) is 0. The van der Waals surface area contributed by atoms with Gasteiger partial charge in [-0.3, -0.25) is 0 Å². The van der Waals surface area contributed by atoms with Gasteiger partial charge in [0.1, 0.15) is 0 Å². The molecule has 0 rings (SSSR count). The molecule has 52 valence electrons. The van der Waals surface area contributed by atoms with Gasteiger partial charge in [0.2, 0.25) is 0 Å². The number of rotatable bonds is 5. The Bertz CT molecular complexity index is 33.5. The quantitative estimate of drug-likeness (QED) is 0.379. The fourth-order valence-corrected chi connectivity index (χ4v) is 2.23. The predicted octanol–water partition coefficient (Wildman–Crippen LogP) is 2.86. The van der Waals surface area contributed by atoms with Crippen molar-refractivity contribution in [3.05, 3.63) is 0 Å². The summed E-state index contributed by atoms with van der Waals surface area (Å²) < 4.78 is 0. The second-order valence-corrected chi connectivity index (χ2v) is 5.17. The van der Waals surface area contributed by atoms with Gasteiger partial charge in [-0.2, -0.15) is 0 Å². The van der Waals surface area contributed by atoms with E-state index in [9.17, 15) is 0 Å². The summed E-state index contributed by atoms with van der Waals surface area (Å²) in [7, 11) is 2.86. The monoisotopic (exact) mass is 220 g/mol. The van der Waals surface area contributed by atoms with Gasteiger partial charge in [-0.05, 0) is 0 Å². The zero-order valence-electron chi connectivity index (χ0n) is 5.47. The van der Waals surface area contributed by atoms with Gasteiger partial charge in [0.15, 0.2) is 0 Å². The van der Waals surface area contributed by atoms with E-state index in [1.807, 2.05) is 0 Å². The molecule has 0 fully saturated rings. The molecule has 0 radical (unpaired) electrons. The van der Waals surface area contributed by atoms with Crippen LogP contribution in [0.5, 0.6) is 0 Å².